The Morgan fingerprint density at radius 2 is 2.08 bits per heavy atom. The molecule has 0 saturated carbocycles. The molecule has 2 atom stereocenters. The third-order valence-corrected chi connectivity index (χ3v) is 4.64. The molecule has 1 amide bonds. The van der Waals surface area contributed by atoms with Crippen molar-refractivity contribution in [2.75, 3.05) is 0 Å². The van der Waals surface area contributed by atoms with Crippen LogP contribution in [0.25, 0.3) is 0 Å². The van der Waals surface area contributed by atoms with E-state index in [0.717, 1.165) is 28.1 Å². The first kappa shape index (κ1) is 16.4. The van der Waals surface area contributed by atoms with E-state index in [4.69, 9.17) is 0 Å². The highest BCUT2D eigenvalue weighted by molar-refractivity contribution is 5.87. The number of hydrogen-bond acceptors (Lipinski definition) is 3. The van der Waals surface area contributed by atoms with E-state index in [1.54, 1.807) is 4.90 Å². The SMILES string of the molecule is C=CC(=O)N(Cc1ccc(C)nc1C)[C@H]1c2ccccc2C[C@H]1O. The van der Waals surface area contributed by atoms with Gasteiger partial charge in [-0.1, -0.05) is 36.9 Å². The molecule has 124 valence electrons. The van der Waals surface area contributed by atoms with Gasteiger partial charge in [-0.3, -0.25) is 9.78 Å². The van der Waals surface area contributed by atoms with Gasteiger partial charge in [-0.2, -0.15) is 0 Å². The maximum Gasteiger partial charge on any atom is 0.246 e. The highest BCUT2D eigenvalue weighted by Gasteiger charge is 2.37. The summed E-state index contributed by atoms with van der Waals surface area (Å²) in [6, 6.07) is 11.5. The fraction of sp³-hybridized carbons (Fsp3) is 0.300. The summed E-state index contributed by atoms with van der Waals surface area (Å²) in [4.78, 5) is 18.7. The Morgan fingerprint density at radius 1 is 1.33 bits per heavy atom. The summed E-state index contributed by atoms with van der Waals surface area (Å²) in [5.41, 5.74) is 4.93. The van der Waals surface area contributed by atoms with Gasteiger partial charge in [0.05, 0.1) is 12.1 Å². The van der Waals surface area contributed by atoms with Crippen LogP contribution >= 0.6 is 0 Å². The number of carbonyl (C=O) groups excluding carboxylic acids is 1. The van der Waals surface area contributed by atoms with E-state index in [1.807, 2.05) is 50.2 Å². The number of rotatable bonds is 4. The maximum atomic E-state index is 12.5. The molecule has 4 heteroatoms. The van der Waals surface area contributed by atoms with Crippen LogP contribution in [0.15, 0.2) is 49.1 Å². The molecule has 0 unspecified atom stereocenters. The Hall–Kier alpha value is -2.46. The summed E-state index contributed by atoms with van der Waals surface area (Å²) in [6.07, 6.45) is 1.27. The number of benzene rings is 1. The number of carbonyl (C=O) groups is 1. The van der Waals surface area contributed by atoms with Crippen LogP contribution in [0.1, 0.15) is 34.1 Å². The van der Waals surface area contributed by atoms with Crippen LogP contribution in [0.3, 0.4) is 0 Å². The van der Waals surface area contributed by atoms with E-state index in [9.17, 15) is 9.90 Å². The topological polar surface area (TPSA) is 53.4 Å². The molecule has 4 nitrogen and oxygen atoms in total. The zero-order valence-corrected chi connectivity index (χ0v) is 14.1. The molecule has 3 rings (SSSR count). The predicted octanol–water partition coefficient (Wildman–Crippen LogP) is 2.87. The molecule has 1 aromatic heterocycles. The second-order valence-corrected chi connectivity index (χ2v) is 6.28. The third kappa shape index (κ3) is 2.97. The van der Waals surface area contributed by atoms with Gasteiger partial charge >= 0.3 is 0 Å². The first-order valence-electron chi connectivity index (χ1n) is 8.13. The minimum absolute atomic E-state index is 0.185. The van der Waals surface area contributed by atoms with Crippen molar-refractivity contribution < 1.29 is 9.90 Å². The highest BCUT2D eigenvalue weighted by atomic mass is 16.3. The summed E-state index contributed by atoms with van der Waals surface area (Å²) >= 11 is 0. The fourth-order valence-electron chi connectivity index (χ4n) is 3.43. The number of aromatic nitrogens is 1. The molecule has 24 heavy (non-hydrogen) atoms. The van der Waals surface area contributed by atoms with Gasteiger partial charge in [-0.25, -0.2) is 0 Å². The first-order chi connectivity index (χ1) is 11.5. The van der Waals surface area contributed by atoms with Crippen molar-refractivity contribution in [1.82, 2.24) is 9.88 Å². The Labute approximate surface area is 142 Å². The lowest BCUT2D eigenvalue weighted by Crippen LogP contribution is -2.37. The average molecular weight is 322 g/mol. The molecular weight excluding hydrogens is 300 g/mol. The van der Waals surface area contributed by atoms with Crippen molar-refractivity contribution in [1.29, 1.82) is 0 Å². The molecular formula is C20H22N2O2. The van der Waals surface area contributed by atoms with Crippen molar-refractivity contribution in [2.24, 2.45) is 0 Å². The molecule has 1 aliphatic carbocycles. The van der Waals surface area contributed by atoms with Gasteiger partial charge in [0, 0.05) is 24.4 Å². The number of fused-ring (bicyclic) bond motifs is 1. The van der Waals surface area contributed by atoms with Crippen molar-refractivity contribution >= 4 is 5.91 Å². The van der Waals surface area contributed by atoms with Gasteiger partial charge in [0.2, 0.25) is 5.91 Å². The lowest BCUT2D eigenvalue weighted by Gasteiger charge is -2.31. The molecule has 1 aromatic carbocycles. The van der Waals surface area contributed by atoms with E-state index in [0.29, 0.717) is 13.0 Å². The molecule has 1 heterocycles. The van der Waals surface area contributed by atoms with Crippen molar-refractivity contribution in [3.63, 3.8) is 0 Å². The number of nitrogens with zero attached hydrogens (tertiary/aromatic N) is 2. The smallest absolute Gasteiger partial charge is 0.246 e. The molecule has 1 N–H and O–H groups in total. The molecule has 0 saturated heterocycles. The van der Waals surface area contributed by atoms with E-state index in [1.165, 1.54) is 6.08 Å². The van der Waals surface area contributed by atoms with Gasteiger partial charge in [0.1, 0.15) is 0 Å². The van der Waals surface area contributed by atoms with Crippen LogP contribution in [0, 0.1) is 13.8 Å². The summed E-state index contributed by atoms with van der Waals surface area (Å²) in [5, 5.41) is 10.6. The monoisotopic (exact) mass is 322 g/mol. The average Bonchev–Trinajstić information content (AvgIpc) is 2.89. The molecule has 0 aliphatic heterocycles. The lowest BCUT2D eigenvalue weighted by atomic mass is 10.0. The summed E-state index contributed by atoms with van der Waals surface area (Å²) < 4.78 is 0. The third-order valence-electron chi connectivity index (χ3n) is 4.64. The minimum atomic E-state index is -0.606. The van der Waals surface area contributed by atoms with E-state index in [2.05, 4.69) is 11.6 Å². The second kappa shape index (κ2) is 6.57. The number of amides is 1. The lowest BCUT2D eigenvalue weighted by molar-refractivity contribution is -0.131. The Bertz CT molecular complexity index is 785. The van der Waals surface area contributed by atoms with Crippen LogP contribution in [-0.4, -0.2) is 27.0 Å². The van der Waals surface area contributed by atoms with Gasteiger partial charge in [0.15, 0.2) is 0 Å². The second-order valence-electron chi connectivity index (χ2n) is 6.28. The Balaban J connectivity index is 1.98. The van der Waals surface area contributed by atoms with E-state index in [-0.39, 0.29) is 11.9 Å². The molecule has 1 aliphatic rings. The van der Waals surface area contributed by atoms with Crippen molar-refractivity contribution in [3.05, 3.63) is 77.1 Å². The van der Waals surface area contributed by atoms with Gasteiger partial charge in [0.25, 0.3) is 0 Å². The number of aryl methyl sites for hydroxylation is 2. The van der Waals surface area contributed by atoms with Crippen LogP contribution < -0.4 is 0 Å². The van der Waals surface area contributed by atoms with Crippen LogP contribution in [0.2, 0.25) is 0 Å². The number of pyridine rings is 1. The summed E-state index contributed by atoms with van der Waals surface area (Å²) in [5.74, 6) is -0.185. The molecule has 0 bridgehead atoms. The summed E-state index contributed by atoms with van der Waals surface area (Å²) in [7, 11) is 0. The van der Waals surface area contributed by atoms with Gasteiger partial charge in [-0.05, 0) is 42.7 Å². The van der Waals surface area contributed by atoms with Crippen molar-refractivity contribution in [2.45, 2.75) is 39.0 Å². The fourth-order valence-corrected chi connectivity index (χ4v) is 3.43. The number of aliphatic hydroxyl groups excluding tert-OH is 1. The van der Waals surface area contributed by atoms with Crippen molar-refractivity contribution in [3.8, 4) is 0 Å². The standard InChI is InChI=1S/C20H22N2O2/c1-4-19(24)22(12-16-10-9-13(2)21-14(16)3)20-17-8-6-5-7-15(17)11-18(20)23/h4-10,18,20,23H,1,11-12H2,2-3H3/t18-,20+/m1/s1. The zero-order valence-electron chi connectivity index (χ0n) is 14.1. The molecule has 2 aromatic rings. The zero-order chi connectivity index (χ0) is 17.3. The molecule has 0 spiro atoms. The first-order valence-corrected chi connectivity index (χ1v) is 8.13. The largest absolute Gasteiger partial charge is 0.390 e. The van der Waals surface area contributed by atoms with E-state index < -0.39 is 6.10 Å². The Morgan fingerprint density at radius 3 is 2.79 bits per heavy atom. The number of hydrogen-bond donors (Lipinski definition) is 1. The molecule has 0 fully saturated rings. The predicted molar refractivity (Wildman–Crippen MR) is 93.4 cm³/mol. The van der Waals surface area contributed by atoms with E-state index >= 15 is 0 Å². The van der Waals surface area contributed by atoms with Crippen LogP contribution in [-0.2, 0) is 17.8 Å². The minimum Gasteiger partial charge on any atom is -0.390 e. The quantitative estimate of drug-likeness (QED) is 0.881. The molecule has 0 radical (unpaired) electrons. The normalized spacial score (nSPS) is 19.0. The summed E-state index contributed by atoms with van der Waals surface area (Å²) in [6.45, 7) is 7.91. The Kier molecular flexibility index (Phi) is 4.49. The number of aliphatic hydroxyl groups is 1. The van der Waals surface area contributed by atoms with Gasteiger partial charge < -0.3 is 10.0 Å². The maximum absolute atomic E-state index is 12.5. The van der Waals surface area contributed by atoms with Gasteiger partial charge in [-0.15, -0.1) is 0 Å². The van der Waals surface area contributed by atoms with Crippen LogP contribution in [0.4, 0.5) is 0 Å². The highest BCUT2D eigenvalue weighted by Crippen LogP contribution is 2.37. The van der Waals surface area contributed by atoms with Crippen LogP contribution in [0.5, 0.6) is 0 Å².